The Bertz CT molecular complexity index is 494. The fraction of sp³-hybridized carbons (Fsp3) is 0.286. The lowest BCUT2D eigenvalue weighted by molar-refractivity contribution is 0.804. The van der Waals surface area contributed by atoms with Gasteiger partial charge >= 0.3 is 0 Å². The maximum Gasteiger partial charge on any atom is 0.220 e. The normalized spacial score (nSPS) is 10.6. The first-order chi connectivity index (χ1) is 6.66. The van der Waals surface area contributed by atoms with Crippen molar-refractivity contribution in [3.8, 4) is 0 Å². The number of anilines is 1. The third-order valence-corrected chi connectivity index (χ3v) is 2.98. The van der Waals surface area contributed by atoms with Crippen LogP contribution in [0.1, 0.15) is 9.88 Å². The predicted octanol–water partition coefficient (Wildman–Crippen LogP) is 1.34. The molecule has 2 aromatic heterocycles. The number of aryl methyl sites for hydroxylation is 1. The highest BCUT2D eigenvalue weighted by Crippen LogP contribution is 2.14. The molecule has 0 aliphatic rings. The van der Waals surface area contributed by atoms with Crippen LogP contribution in [-0.2, 0) is 6.54 Å². The van der Waals surface area contributed by atoms with Crippen molar-refractivity contribution in [3.05, 3.63) is 20.9 Å². The Morgan fingerprint density at radius 1 is 1.71 bits per heavy atom. The molecule has 0 saturated heterocycles. The maximum atomic E-state index is 5.63. The summed E-state index contributed by atoms with van der Waals surface area (Å²) in [4.78, 5) is 5.27. The van der Waals surface area contributed by atoms with Gasteiger partial charge in [0.05, 0.1) is 11.6 Å². The van der Waals surface area contributed by atoms with Crippen LogP contribution in [0.25, 0.3) is 0 Å². The number of aromatic nitrogens is 4. The second kappa shape index (κ2) is 3.50. The van der Waals surface area contributed by atoms with Crippen LogP contribution in [0.4, 0.5) is 5.95 Å². The van der Waals surface area contributed by atoms with E-state index in [1.54, 1.807) is 15.9 Å². The first-order valence-corrected chi connectivity index (χ1v) is 5.21. The van der Waals surface area contributed by atoms with E-state index in [-0.39, 0.29) is 0 Å². The summed E-state index contributed by atoms with van der Waals surface area (Å²) in [5.41, 5.74) is 5.63. The van der Waals surface area contributed by atoms with Gasteiger partial charge in [0.1, 0.15) is 0 Å². The van der Waals surface area contributed by atoms with Crippen LogP contribution >= 0.6 is 23.6 Å². The van der Waals surface area contributed by atoms with Crippen molar-refractivity contribution in [2.45, 2.75) is 13.5 Å². The summed E-state index contributed by atoms with van der Waals surface area (Å²) >= 11 is 6.66. The van der Waals surface area contributed by atoms with E-state index in [1.165, 1.54) is 0 Å². The smallest absolute Gasteiger partial charge is 0.220 e. The molecule has 0 bridgehead atoms. The number of H-pyrrole nitrogens is 1. The van der Waals surface area contributed by atoms with Gasteiger partial charge in [-0.25, -0.2) is 10.1 Å². The van der Waals surface area contributed by atoms with E-state index in [1.807, 2.05) is 13.1 Å². The zero-order valence-corrected chi connectivity index (χ0v) is 9.15. The van der Waals surface area contributed by atoms with Crippen molar-refractivity contribution in [2.24, 2.45) is 0 Å². The highest BCUT2D eigenvalue weighted by Gasteiger charge is 2.04. The number of hydrogen-bond acceptors (Lipinski definition) is 5. The molecule has 3 N–H and O–H groups in total. The fourth-order valence-electron chi connectivity index (χ4n) is 1.12. The maximum absolute atomic E-state index is 5.63. The molecule has 0 atom stereocenters. The molecule has 0 fully saturated rings. The van der Waals surface area contributed by atoms with Gasteiger partial charge in [0.25, 0.3) is 0 Å². The molecular formula is C7H9N5S2. The topological polar surface area (TPSA) is 72.5 Å². The van der Waals surface area contributed by atoms with E-state index in [0.717, 1.165) is 9.88 Å². The molecule has 14 heavy (non-hydrogen) atoms. The van der Waals surface area contributed by atoms with Crippen molar-refractivity contribution < 1.29 is 0 Å². The fourth-order valence-corrected chi connectivity index (χ4v) is 2.10. The van der Waals surface area contributed by atoms with Gasteiger partial charge < -0.3 is 5.73 Å². The Hall–Kier alpha value is -1.21. The highest BCUT2D eigenvalue weighted by atomic mass is 32.1. The van der Waals surface area contributed by atoms with E-state index in [4.69, 9.17) is 18.0 Å². The second-order valence-corrected chi connectivity index (χ2v) is 4.52. The van der Waals surface area contributed by atoms with Crippen molar-refractivity contribution in [1.29, 1.82) is 0 Å². The van der Waals surface area contributed by atoms with Crippen LogP contribution in [0.2, 0.25) is 0 Å². The molecule has 74 valence electrons. The molecule has 2 rings (SSSR count). The van der Waals surface area contributed by atoms with Crippen molar-refractivity contribution in [3.63, 3.8) is 0 Å². The average molecular weight is 227 g/mol. The number of hydrogen-bond donors (Lipinski definition) is 2. The van der Waals surface area contributed by atoms with Crippen LogP contribution in [0.15, 0.2) is 6.20 Å². The number of nitrogen functional groups attached to an aromatic ring is 1. The summed E-state index contributed by atoms with van der Waals surface area (Å²) in [6.07, 6.45) is 1.83. The molecule has 0 amide bonds. The second-order valence-electron chi connectivity index (χ2n) is 2.82. The molecule has 2 heterocycles. The Morgan fingerprint density at radius 3 is 3.00 bits per heavy atom. The first kappa shape index (κ1) is 9.35. The van der Waals surface area contributed by atoms with Gasteiger partial charge in [-0.1, -0.05) is 0 Å². The minimum absolute atomic E-state index is 0.404. The molecule has 0 aromatic carbocycles. The van der Waals surface area contributed by atoms with Gasteiger partial charge in [0.15, 0.2) is 4.77 Å². The molecule has 0 aliphatic carbocycles. The third-order valence-electron chi connectivity index (χ3n) is 1.77. The van der Waals surface area contributed by atoms with Gasteiger partial charge in [-0.05, 0) is 19.1 Å². The predicted molar refractivity (Wildman–Crippen MR) is 57.8 cm³/mol. The van der Waals surface area contributed by atoms with Gasteiger partial charge in [-0.15, -0.1) is 16.4 Å². The number of nitrogens with zero attached hydrogens (tertiary/aromatic N) is 3. The number of thiazole rings is 1. The summed E-state index contributed by atoms with van der Waals surface area (Å²) in [5, 5.41) is 7.50. The van der Waals surface area contributed by atoms with E-state index in [0.29, 0.717) is 17.3 Å². The molecule has 7 heteroatoms. The highest BCUT2D eigenvalue weighted by molar-refractivity contribution is 7.71. The Morgan fingerprint density at radius 2 is 2.50 bits per heavy atom. The summed E-state index contributed by atoms with van der Waals surface area (Å²) in [6, 6.07) is 0. The molecule has 2 aromatic rings. The summed E-state index contributed by atoms with van der Waals surface area (Å²) < 4.78 is 2.27. The summed E-state index contributed by atoms with van der Waals surface area (Å²) in [6.45, 7) is 2.60. The van der Waals surface area contributed by atoms with Crippen LogP contribution in [0.3, 0.4) is 0 Å². The standard InChI is InChI=1S/C7H9N5S2/c1-4-9-2-5(14-4)3-12-6(8)10-11-7(12)13/h2H,3H2,1H3,(H2,8,10)(H,11,13). The average Bonchev–Trinajstić information content (AvgIpc) is 2.67. The number of aromatic amines is 1. The lowest BCUT2D eigenvalue weighted by Gasteiger charge is -1.99. The van der Waals surface area contributed by atoms with Gasteiger partial charge in [0.2, 0.25) is 5.95 Å². The molecule has 5 nitrogen and oxygen atoms in total. The van der Waals surface area contributed by atoms with Crippen LogP contribution in [0.5, 0.6) is 0 Å². The van der Waals surface area contributed by atoms with E-state index < -0.39 is 0 Å². The van der Waals surface area contributed by atoms with Crippen LogP contribution < -0.4 is 5.73 Å². The molecule has 0 radical (unpaired) electrons. The minimum Gasteiger partial charge on any atom is -0.368 e. The zero-order valence-electron chi connectivity index (χ0n) is 7.52. The number of nitrogens with one attached hydrogen (secondary N) is 1. The van der Waals surface area contributed by atoms with Crippen LogP contribution in [-0.4, -0.2) is 19.7 Å². The SMILES string of the molecule is Cc1ncc(Cn2c(N)n[nH]c2=S)s1. The summed E-state index contributed by atoms with van der Waals surface area (Å²) in [5.74, 6) is 0.404. The van der Waals surface area contributed by atoms with Crippen molar-refractivity contribution in [2.75, 3.05) is 5.73 Å². The zero-order chi connectivity index (χ0) is 10.1. The van der Waals surface area contributed by atoms with E-state index in [9.17, 15) is 0 Å². The van der Waals surface area contributed by atoms with Gasteiger partial charge in [-0.2, -0.15) is 0 Å². The lowest BCUT2D eigenvalue weighted by Crippen LogP contribution is -2.03. The Labute approximate surface area is 89.6 Å². The molecule has 0 spiro atoms. The molecular weight excluding hydrogens is 218 g/mol. The van der Waals surface area contributed by atoms with Crippen molar-refractivity contribution >= 4 is 29.5 Å². The van der Waals surface area contributed by atoms with Gasteiger partial charge in [0, 0.05) is 11.1 Å². The van der Waals surface area contributed by atoms with Crippen molar-refractivity contribution in [1.82, 2.24) is 19.7 Å². The van der Waals surface area contributed by atoms with E-state index >= 15 is 0 Å². The molecule has 0 aliphatic heterocycles. The molecule has 0 saturated carbocycles. The quantitative estimate of drug-likeness (QED) is 0.759. The van der Waals surface area contributed by atoms with Gasteiger partial charge in [-0.3, -0.25) is 4.57 Å². The largest absolute Gasteiger partial charge is 0.368 e. The lowest BCUT2D eigenvalue weighted by atomic mass is 10.5. The van der Waals surface area contributed by atoms with E-state index in [2.05, 4.69) is 15.2 Å². The Kier molecular flexibility index (Phi) is 2.34. The molecule has 0 unspecified atom stereocenters. The first-order valence-electron chi connectivity index (χ1n) is 3.99. The Balaban J connectivity index is 2.31. The third kappa shape index (κ3) is 1.68. The van der Waals surface area contributed by atoms with Crippen LogP contribution in [0, 0.1) is 11.7 Å². The minimum atomic E-state index is 0.404. The number of nitrogens with two attached hydrogens (primary N) is 1. The summed E-state index contributed by atoms with van der Waals surface area (Å²) in [7, 11) is 0. The number of rotatable bonds is 2. The monoisotopic (exact) mass is 227 g/mol.